The maximum absolute atomic E-state index is 4.37. The van der Waals surface area contributed by atoms with Crippen LogP contribution < -0.4 is 5.32 Å². The van der Waals surface area contributed by atoms with Gasteiger partial charge in [-0.25, -0.2) is 4.98 Å². The molecule has 0 saturated heterocycles. The topological polar surface area (TPSA) is 37.8 Å². The van der Waals surface area contributed by atoms with Crippen LogP contribution in [0.3, 0.4) is 0 Å². The molecule has 2 rings (SSSR count). The Kier molecular flexibility index (Phi) is 2.49. The van der Waals surface area contributed by atoms with Gasteiger partial charge in [0, 0.05) is 24.0 Å². The lowest BCUT2D eigenvalue weighted by Gasteiger charge is -1.97. The van der Waals surface area contributed by atoms with Gasteiger partial charge in [-0.3, -0.25) is 0 Å². The van der Waals surface area contributed by atoms with Crippen LogP contribution in [-0.2, 0) is 6.42 Å². The van der Waals surface area contributed by atoms with Crippen LogP contribution in [0.4, 0.5) is 5.13 Å². The molecule has 0 spiro atoms. The third kappa shape index (κ3) is 1.99. The van der Waals surface area contributed by atoms with E-state index in [1.807, 2.05) is 0 Å². The zero-order valence-corrected chi connectivity index (χ0v) is 8.90. The number of aryl methyl sites for hydroxylation is 1. The van der Waals surface area contributed by atoms with E-state index >= 15 is 0 Å². The van der Waals surface area contributed by atoms with Gasteiger partial charge in [0.05, 0.1) is 0 Å². The van der Waals surface area contributed by atoms with Crippen LogP contribution in [0, 0.1) is 5.92 Å². The SMILES string of the molecule is CCc1nsc(NC2CC2CC)n1. The Morgan fingerprint density at radius 1 is 1.54 bits per heavy atom. The molecule has 1 saturated carbocycles. The van der Waals surface area contributed by atoms with Gasteiger partial charge in [-0.15, -0.1) is 0 Å². The van der Waals surface area contributed by atoms with E-state index in [1.165, 1.54) is 24.4 Å². The van der Waals surface area contributed by atoms with E-state index in [0.717, 1.165) is 23.3 Å². The summed E-state index contributed by atoms with van der Waals surface area (Å²) < 4.78 is 4.23. The molecule has 0 radical (unpaired) electrons. The van der Waals surface area contributed by atoms with Gasteiger partial charge in [0.25, 0.3) is 0 Å². The van der Waals surface area contributed by atoms with Crippen LogP contribution in [0.15, 0.2) is 0 Å². The molecule has 1 aromatic heterocycles. The standard InChI is InChI=1S/C9H15N3S/c1-3-6-5-7(6)10-9-11-8(4-2)12-13-9/h6-7H,3-5H2,1-2H3,(H,10,11,12). The highest BCUT2D eigenvalue weighted by Crippen LogP contribution is 2.36. The second kappa shape index (κ2) is 3.62. The minimum absolute atomic E-state index is 0.669. The van der Waals surface area contributed by atoms with E-state index in [0.29, 0.717) is 6.04 Å². The minimum Gasteiger partial charge on any atom is -0.357 e. The summed E-state index contributed by atoms with van der Waals surface area (Å²) in [4.78, 5) is 4.37. The van der Waals surface area contributed by atoms with E-state index in [2.05, 4.69) is 28.5 Å². The Morgan fingerprint density at radius 2 is 2.38 bits per heavy atom. The summed E-state index contributed by atoms with van der Waals surface area (Å²) in [5.74, 6) is 1.83. The molecule has 1 N–H and O–H groups in total. The molecule has 72 valence electrons. The van der Waals surface area contributed by atoms with Crippen LogP contribution in [0.25, 0.3) is 0 Å². The van der Waals surface area contributed by atoms with Gasteiger partial charge < -0.3 is 5.32 Å². The molecular formula is C9H15N3S. The van der Waals surface area contributed by atoms with Crippen molar-refractivity contribution in [1.29, 1.82) is 0 Å². The second-order valence-corrected chi connectivity index (χ2v) is 4.28. The lowest BCUT2D eigenvalue weighted by molar-refractivity contribution is 0.774. The van der Waals surface area contributed by atoms with Crippen molar-refractivity contribution in [2.45, 2.75) is 39.2 Å². The monoisotopic (exact) mass is 197 g/mol. The van der Waals surface area contributed by atoms with Crippen molar-refractivity contribution in [3.63, 3.8) is 0 Å². The summed E-state index contributed by atoms with van der Waals surface area (Å²) in [6.45, 7) is 4.32. The van der Waals surface area contributed by atoms with Crippen molar-refractivity contribution >= 4 is 16.7 Å². The van der Waals surface area contributed by atoms with Gasteiger partial charge in [-0.05, 0) is 12.3 Å². The first-order valence-corrected chi connectivity index (χ1v) is 5.70. The Balaban J connectivity index is 1.88. The Hall–Kier alpha value is -0.640. The van der Waals surface area contributed by atoms with E-state index in [4.69, 9.17) is 0 Å². The lowest BCUT2D eigenvalue weighted by Crippen LogP contribution is -2.03. The molecule has 0 aliphatic heterocycles. The zero-order valence-electron chi connectivity index (χ0n) is 8.08. The van der Waals surface area contributed by atoms with Crippen LogP contribution >= 0.6 is 11.5 Å². The lowest BCUT2D eigenvalue weighted by atomic mass is 10.3. The third-order valence-electron chi connectivity index (χ3n) is 2.54. The number of aromatic nitrogens is 2. The number of nitrogens with one attached hydrogen (secondary N) is 1. The molecule has 4 heteroatoms. The van der Waals surface area contributed by atoms with Crippen molar-refractivity contribution in [2.75, 3.05) is 5.32 Å². The number of nitrogens with zero attached hydrogens (tertiary/aromatic N) is 2. The molecule has 2 atom stereocenters. The summed E-state index contributed by atoms with van der Waals surface area (Å²) in [5, 5.41) is 4.41. The largest absolute Gasteiger partial charge is 0.357 e. The van der Waals surface area contributed by atoms with Crippen molar-refractivity contribution in [1.82, 2.24) is 9.36 Å². The number of anilines is 1. The minimum atomic E-state index is 0.669. The quantitative estimate of drug-likeness (QED) is 0.805. The van der Waals surface area contributed by atoms with Gasteiger partial charge >= 0.3 is 0 Å². The molecule has 1 aliphatic rings. The summed E-state index contributed by atoms with van der Waals surface area (Å²) in [5.41, 5.74) is 0. The van der Waals surface area contributed by atoms with E-state index in [-0.39, 0.29) is 0 Å². The van der Waals surface area contributed by atoms with Crippen LogP contribution in [0.2, 0.25) is 0 Å². The maximum Gasteiger partial charge on any atom is 0.202 e. The fourth-order valence-electron chi connectivity index (χ4n) is 1.49. The number of hydrogen-bond donors (Lipinski definition) is 1. The molecule has 1 aromatic rings. The van der Waals surface area contributed by atoms with Gasteiger partial charge in [0.2, 0.25) is 5.13 Å². The van der Waals surface area contributed by atoms with E-state index < -0.39 is 0 Å². The first kappa shape index (κ1) is 8.94. The normalized spacial score (nSPS) is 26.0. The smallest absolute Gasteiger partial charge is 0.202 e. The molecule has 1 aliphatic carbocycles. The first-order chi connectivity index (χ1) is 6.33. The average Bonchev–Trinajstić information content (AvgIpc) is 2.73. The number of rotatable bonds is 4. The highest BCUT2D eigenvalue weighted by atomic mass is 32.1. The summed E-state index contributed by atoms with van der Waals surface area (Å²) in [7, 11) is 0. The molecule has 2 unspecified atom stereocenters. The predicted molar refractivity (Wildman–Crippen MR) is 55.1 cm³/mol. The van der Waals surface area contributed by atoms with Crippen molar-refractivity contribution in [3.05, 3.63) is 5.82 Å². The number of hydrogen-bond acceptors (Lipinski definition) is 4. The Labute approximate surface area is 82.8 Å². The van der Waals surface area contributed by atoms with Gasteiger partial charge in [0.15, 0.2) is 0 Å². The Morgan fingerprint density at radius 3 is 2.92 bits per heavy atom. The van der Waals surface area contributed by atoms with Gasteiger partial charge in [-0.1, -0.05) is 20.3 Å². The molecule has 13 heavy (non-hydrogen) atoms. The highest BCUT2D eigenvalue weighted by Gasteiger charge is 2.35. The van der Waals surface area contributed by atoms with Crippen molar-refractivity contribution in [3.8, 4) is 0 Å². The molecule has 0 amide bonds. The van der Waals surface area contributed by atoms with E-state index in [1.54, 1.807) is 0 Å². The Bertz CT molecular complexity index is 284. The molecule has 3 nitrogen and oxygen atoms in total. The van der Waals surface area contributed by atoms with Crippen molar-refractivity contribution < 1.29 is 0 Å². The molecule has 1 heterocycles. The third-order valence-corrected chi connectivity index (χ3v) is 3.22. The maximum atomic E-state index is 4.37. The summed E-state index contributed by atoms with van der Waals surface area (Å²) >= 11 is 1.48. The molecular weight excluding hydrogens is 182 g/mol. The van der Waals surface area contributed by atoms with Gasteiger partial charge in [-0.2, -0.15) is 4.37 Å². The summed E-state index contributed by atoms with van der Waals surface area (Å²) in [6.07, 6.45) is 3.51. The predicted octanol–water partition coefficient (Wildman–Crippen LogP) is 2.31. The van der Waals surface area contributed by atoms with Crippen molar-refractivity contribution in [2.24, 2.45) is 5.92 Å². The van der Waals surface area contributed by atoms with Crippen LogP contribution in [-0.4, -0.2) is 15.4 Å². The van der Waals surface area contributed by atoms with Crippen LogP contribution in [0.1, 0.15) is 32.5 Å². The second-order valence-electron chi connectivity index (χ2n) is 3.52. The molecule has 0 aromatic carbocycles. The zero-order chi connectivity index (χ0) is 9.26. The highest BCUT2D eigenvalue weighted by molar-refractivity contribution is 7.09. The van der Waals surface area contributed by atoms with Crippen LogP contribution in [0.5, 0.6) is 0 Å². The fourth-order valence-corrected chi connectivity index (χ4v) is 2.20. The molecule has 0 bridgehead atoms. The summed E-state index contributed by atoms with van der Waals surface area (Å²) in [6, 6.07) is 0.669. The average molecular weight is 197 g/mol. The van der Waals surface area contributed by atoms with Gasteiger partial charge in [0.1, 0.15) is 5.82 Å². The fraction of sp³-hybridized carbons (Fsp3) is 0.778. The van der Waals surface area contributed by atoms with E-state index in [9.17, 15) is 0 Å². The molecule has 1 fully saturated rings. The first-order valence-electron chi connectivity index (χ1n) is 4.92.